The van der Waals surface area contributed by atoms with E-state index in [-0.39, 0.29) is 5.78 Å². The number of ketones is 1. The summed E-state index contributed by atoms with van der Waals surface area (Å²) in [4.78, 5) is 16.7. The van der Waals surface area contributed by atoms with Crippen LogP contribution in [-0.2, 0) is 0 Å². The van der Waals surface area contributed by atoms with E-state index in [4.69, 9.17) is 11.6 Å². The Hall–Kier alpha value is -3.38. The van der Waals surface area contributed by atoms with Crippen LogP contribution in [0, 0.1) is 28.1 Å². The summed E-state index contributed by atoms with van der Waals surface area (Å²) in [6.45, 7) is 0. The van der Waals surface area contributed by atoms with Crippen LogP contribution >= 0.6 is 22.9 Å². The Morgan fingerprint density at radius 1 is 1.06 bits per heavy atom. The number of Topliss-reactive ketones (excluding diaryl/α,β-unsaturated/α-hetero) is 1. The first-order valence-electron chi connectivity index (χ1n) is 9.82. The lowest BCUT2D eigenvalue weighted by molar-refractivity contribution is 0.0951. The van der Waals surface area contributed by atoms with E-state index >= 15 is 0 Å². The van der Waals surface area contributed by atoms with Gasteiger partial charge in [-0.05, 0) is 35.2 Å². The van der Waals surface area contributed by atoms with Gasteiger partial charge in [-0.2, -0.15) is 10.5 Å². The van der Waals surface area contributed by atoms with Crippen LogP contribution in [0.3, 0.4) is 0 Å². The summed E-state index contributed by atoms with van der Waals surface area (Å²) in [7, 11) is 0. The van der Waals surface area contributed by atoms with Crippen molar-refractivity contribution in [3.05, 3.63) is 93.1 Å². The lowest BCUT2D eigenvalue weighted by atomic mass is 9.71. The Labute approximate surface area is 189 Å². The van der Waals surface area contributed by atoms with Crippen LogP contribution in [0.2, 0.25) is 5.02 Å². The smallest absolute Gasteiger partial charge is 0.185 e. The molecule has 31 heavy (non-hydrogen) atoms. The zero-order valence-electron chi connectivity index (χ0n) is 16.3. The van der Waals surface area contributed by atoms with Crippen LogP contribution in [0.1, 0.15) is 26.7 Å². The minimum Gasteiger partial charge on any atom is -0.351 e. The highest BCUT2D eigenvalue weighted by Gasteiger charge is 2.63. The van der Waals surface area contributed by atoms with Crippen molar-refractivity contribution in [2.45, 2.75) is 18.0 Å². The van der Waals surface area contributed by atoms with Crippen molar-refractivity contribution in [2.75, 3.05) is 4.90 Å². The Bertz CT molecular complexity index is 1260. The van der Waals surface area contributed by atoms with Crippen molar-refractivity contribution in [2.24, 2.45) is 5.41 Å². The van der Waals surface area contributed by atoms with Gasteiger partial charge in [0, 0.05) is 21.2 Å². The van der Waals surface area contributed by atoms with Crippen molar-refractivity contribution in [1.82, 2.24) is 0 Å². The fraction of sp³-hybridized carbons (Fsp3) is 0.160. The maximum Gasteiger partial charge on any atom is 0.185 e. The number of rotatable bonds is 3. The zero-order chi connectivity index (χ0) is 21.6. The van der Waals surface area contributed by atoms with Crippen molar-refractivity contribution in [3.63, 3.8) is 0 Å². The summed E-state index contributed by atoms with van der Waals surface area (Å²) >= 11 is 7.68. The van der Waals surface area contributed by atoms with E-state index in [1.54, 1.807) is 18.2 Å². The zero-order valence-corrected chi connectivity index (χ0v) is 17.8. The molecular formula is C25H16ClN3OS. The van der Waals surface area contributed by atoms with E-state index in [1.165, 1.54) is 11.3 Å². The van der Waals surface area contributed by atoms with E-state index < -0.39 is 23.4 Å². The summed E-state index contributed by atoms with van der Waals surface area (Å²) in [6.07, 6.45) is 3.76. The highest BCUT2D eigenvalue weighted by molar-refractivity contribution is 7.10. The van der Waals surface area contributed by atoms with Crippen LogP contribution in [0.4, 0.5) is 5.69 Å². The summed E-state index contributed by atoms with van der Waals surface area (Å²) in [5, 5.41) is 23.2. The first kappa shape index (κ1) is 19.6. The van der Waals surface area contributed by atoms with Gasteiger partial charge in [0.05, 0.1) is 24.1 Å². The number of carbonyl (C=O) groups is 1. The highest BCUT2D eigenvalue weighted by Crippen LogP contribution is 2.56. The quantitative estimate of drug-likeness (QED) is 0.490. The van der Waals surface area contributed by atoms with Crippen LogP contribution in [0.15, 0.2) is 72.1 Å². The van der Waals surface area contributed by atoms with Gasteiger partial charge in [-0.25, -0.2) is 0 Å². The van der Waals surface area contributed by atoms with Gasteiger partial charge in [-0.1, -0.05) is 60.2 Å². The summed E-state index contributed by atoms with van der Waals surface area (Å²) in [5.41, 5.74) is 0.823. The van der Waals surface area contributed by atoms with E-state index in [0.29, 0.717) is 10.6 Å². The van der Waals surface area contributed by atoms with Crippen LogP contribution in [-0.4, -0.2) is 17.9 Å². The van der Waals surface area contributed by atoms with E-state index in [2.05, 4.69) is 12.1 Å². The van der Waals surface area contributed by atoms with Crippen LogP contribution in [0.5, 0.6) is 0 Å². The minimum atomic E-state index is -1.41. The van der Waals surface area contributed by atoms with E-state index in [9.17, 15) is 15.3 Å². The molecule has 3 heterocycles. The Balaban J connectivity index is 1.78. The van der Waals surface area contributed by atoms with Crippen molar-refractivity contribution >= 4 is 40.5 Å². The third kappa shape index (κ3) is 2.82. The topological polar surface area (TPSA) is 67.9 Å². The number of thiophene rings is 1. The monoisotopic (exact) mass is 441 g/mol. The SMILES string of the molecule is N#CC1(C#N)[C@H](c2cccs2)[C@H](C(=O)c2ccccc2)N2c3ccc(Cl)cc3C=C[C@H]21. The van der Waals surface area contributed by atoms with Gasteiger partial charge < -0.3 is 4.90 Å². The maximum atomic E-state index is 13.9. The Morgan fingerprint density at radius 3 is 2.52 bits per heavy atom. The third-order valence-electron chi connectivity index (χ3n) is 6.14. The molecule has 1 saturated heterocycles. The number of halogens is 1. The molecule has 0 amide bonds. The Morgan fingerprint density at radius 2 is 1.84 bits per heavy atom. The molecule has 2 aromatic carbocycles. The van der Waals surface area contributed by atoms with E-state index in [1.807, 2.05) is 64.9 Å². The first-order valence-corrected chi connectivity index (χ1v) is 11.1. The second kappa shape index (κ2) is 7.39. The molecule has 6 heteroatoms. The van der Waals surface area contributed by atoms with Gasteiger partial charge in [0.25, 0.3) is 0 Å². The molecule has 2 aliphatic rings. The van der Waals surface area contributed by atoms with Crippen molar-refractivity contribution < 1.29 is 4.79 Å². The lowest BCUT2D eigenvalue weighted by Gasteiger charge is -2.35. The Kier molecular flexibility index (Phi) is 4.67. The highest BCUT2D eigenvalue weighted by atomic mass is 35.5. The van der Waals surface area contributed by atoms with Crippen LogP contribution < -0.4 is 4.90 Å². The molecule has 0 bridgehead atoms. The molecule has 2 aliphatic heterocycles. The molecule has 1 aromatic heterocycles. The van der Waals surface area contributed by atoms with Gasteiger partial charge in [-0.3, -0.25) is 4.79 Å². The number of nitriles is 2. The predicted octanol–water partition coefficient (Wildman–Crippen LogP) is 5.69. The average Bonchev–Trinajstić information content (AvgIpc) is 3.43. The van der Waals surface area contributed by atoms with Gasteiger partial charge in [0.15, 0.2) is 11.2 Å². The van der Waals surface area contributed by atoms with Crippen LogP contribution in [0.25, 0.3) is 6.08 Å². The average molecular weight is 442 g/mol. The molecule has 0 radical (unpaired) electrons. The fourth-order valence-electron chi connectivity index (χ4n) is 4.81. The summed E-state index contributed by atoms with van der Waals surface area (Å²) < 4.78 is 0. The second-order valence-electron chi connectivity index (χ2n) is 7.68. The van der Waals surface area contributed by atoms with E-state index in [0.717, 1.165) is 16.1 Å². The molecule has 3 atom stereocenters. The van der Waals surface area contributed by atoms with Gasteiger partial charge >= 0.3 is 0 Å². The predicted molar refractivity (Wildman–Crippen MR) is 122 cm³/mol. The standard InChI is InChI=1S/C25H16ClN3OS/c26-18-9-10-19-17(13-18)8-11-21-25(14-27,15-28)22(20-7-4-12-31-20)23(29(19)21)24(30)16-5-2-1-3-6-16/h1-13,21-23H/t21-,22+,23+/m0/s1. The number of fused-ring (bicyclic) bond motifs is 3. The normalized spacial score (nSPS) is 22.8. The molecule has 0 spiro atoms. The molecule has 5 rings (SSSR count). The third-order valence-corrected chi connectivity index (χ3v) is 7.34. The molecule has 4 nitrogen and oxygen atoms in total. The summed E-state index contributed by atoms with van der Waals surface area (Å²) in [6, 6.07) is 21.7. The molecule has 0 N–H and O–H groups in total. The molecule has 0 saturated carbocycles. The molecule has 1 fully saturated rings. The first-order chi connectivity index (χ1) is 15.1. The maximum absolute atomic E-state index is 13.9. The number of hydrogen-bond donors (Lipinski definition) is 0. The largest absolute Gasteiger partial charge is 0.351 e. The lowest BCUT2D eigenvalue weighted by Crippen LogP contribution is -2.44. The molecule has 150 valence electrons. The summed E-state index contributed by atoms with van der Waals surface area (Å²) in [5.74, 6) is -0.695. The minimum absolute atomic E-state index is 0.104. The van der Waals surface area contributed by atoms with Gasteiger partial charge in [0.2, 0.25) is 0 Å². The molecule has 0 aliphatic carbocycles. The van der Waals surface area contributed by atoms with Crippen molar-refractivity contribution in [3.8, 4) is 12.1 Å². The fourth-order valence-corrected chi connectivity index (χ4v) is 5.93. The molecule has 0 unspecified atom stereocenters. The molecular weight excluding hydrogens is 426 g/mol. The van der Waals surface area contributed by atoms with Crippen molar-refractivity contribution in [1.29, 1.82) is 10.5 Å². The molecule has 3 aromatic rings. The number of carbonyl (C=O) groups excluding carboxylic acids is 1. The number of anilines is 1. The number of hydrogen-bond acceptors (Lipinski definition) is 5. The number of benzene rings is 2. The van der Waals surface area contributed by atoms with Gasteiger partial charge in [-0.15, -0.1) is 11.3 Å². The second-order valence-corrected chi connectivity index (χ2v) is 9.09. The van der Waals surface area contributed by atoms with Gasteiger partial charge in [0.1, 0.15) is 6.04 Å². The number of nitrogens with zero attached hydrogens (tertiary/aromatic N) is 3.